The van der Waals surface area contributed by atoms with E-state index in [2.05, 4.69) is 15.5 Å². The van der Waals surface area contributed by atoms with E-state index in [0.717, 1.165) is 17.0 Å². The molecule has 116 valence electrons. The number of amides is 1. The Morgan fingerprint density at radius 3 is 2.48 bits per heavy atom. The van der Waals surface area contributed by atoms with Gasteiger partial charge in [-0.05, 0) is 33.7 Å². The monoisotopic (exact) mass is 309 g/mol. The third-order valence-corrected chi connectivity index (χ3v) is 3.46. The first-order valence-corrected chi connectivity index (χ1v) is 7.08. The fourth-order valence-electron chi connectivity index (χ4n) is 2.25. The number of tetrazole rings is 1. The first-order valence-electron chi connectivity index (χ1n) is 7.08. The summed E-state index contributed by atoms with van der Waals surface area (Å²) in [4.78, 5) is 11.3. The zero-order valence-electron chi connectivity index (χ0n) is 12.3. The Morgan fingerprint density at radius 1 is 1.04 bits per heavy atom. The number of hydroxylamine groups is 1. The number of benzene rings is 2. The van der Waals surface area contributed by atoms with Gasteiger partial charge in [0, 0.05) is 12.0 Å². The largest absolute Gasteiger partial charge is 0.288 e. The minimum atomic E-state index is -0.538. The van der Waals surface area contributed by atoms with Crippen molar-refractivity contribution in [3.63, 3.8) is 0 Å². The van der Waals surface area contributed by atoms with Crippen molar-refractivity contribution in [2.24, 2.45) is 0 Å². The Labute approximate surface area is 132 Å². The van der Waals surface area contributed by atoms with E-state index in [1.54, 1.807) is 34.4 Å². The number of nitrogens with zero attached hydrogens (tertiary/aromatic N) is 4. The summed E-state index contributed by atoms with van der Waals surface area (Å²) in [6, 6.07) is 16.9. The summed E-state index contributed by atoms with van der Waals surface area (Å²) >= 11 is 0. The van der Waals surface area contributed by atoms with Crippen molar-refractivity contribution in [2.75, 3.05) is 0 Å². The van der Waals surface area contributed by atoms with Gasteiger partial charge in [0.1, 0.15) is 0 Å². The second-order valence-corrected chi connectivity index (χ2v) is 5.05. The van der Waals surface area contributed by atoms with E-state index in [9.17, 15) is 4.79 Å². The summed E-state index contributed by atoms with van der Waals surface area (Å²) < 4.78 is 1.73. The Bertz CT molecular complexity index is 784. The molecule has 1 heterocycles. The number of aromatic nitrogens is 4. The maximum Gasteiger partial charge on any atom is 0.274 e. The van der Waals surface area contributed by atoms with Crippen LogP contribution in [0, 0.1) is 0 Å². The van der Waals surface area contributed by atoms with Gasteiger partial charge in [0.05, 0.1) is 6.54 Å². The zero-order valence-corrected chi connectivity index (χ0v) is 12.3. The number of nitrogens with one attached hydrogen (secondary N) is 1. The van der Waals surface area contributed by atoms with E-state index in [1.165, 1.54) is 0 Å². The quantitative estimate of drug-likeness (QED) is 0.549. The maximum atomic E-state index is 11.3. The highest BCUT2D eigenvalue weighted by Crippen LogP contribution is 2.10. The Kier molecular flexibility index (Phi) is 4.39. The van der Waals surface area contributed by atoms with E-state index < -0.39 is 5.91 Å². The summed E-state index contributed by atoms with van der Waals surface area (Å²) in [6.45, 7) is 0.510. The van der Waals surface area contributed by atoms with Crippen molar-refractivity contribution < 1.29 is 10.0 Å². The van der Waals surface area contributed by atoms with Gasteiger partial charge in [0.15, 0.2) is 5.82 Å². The normalized spacial score (nSPS) is 10.5. The van der Waals surface area contributed by atoms with Gasteiger partial charge in [-0.2, -0.15) is 0 Å². The molecular formula is C16H15N5O2. The molecule has 0 unspecified atom stereocenters. The third-order valence-electron chi connectivity index (χ3n) is 3.46. The molecule has 7 nitrogen and oxygen atoms in total. The van der Waals surface area contributed by atoms with Gasteiger partial charge in [0.2, 0.25) is 0 Å². The maximum absolute atomic E-state index is 11.3. The van der Waals surface area contributed by atoms with Crippen molar-refractivity contribution in [3.05, 3.63) is 77.1 Å². The molecule has 0 spiro atoms. The molecule has 0 fully saturated rings. The molecule has 23 heavy (non-hydrogen) atoms. The average Bonchev–Trinajstić information content (AvgIpc) is 3.02. The molecular weight excluding hydrogens is 294 g/mol. The van der Waals surface area contributed by atoms with E-state index >= 15 is 0 Å². The third kappa shape index (κ3) is 3.58. The van der Waals surface area contributed by atoms with Crippen LogP contribution in [-0.4, -0.2) is 31.3 Å². The Morgan fingerprint density at radius 2 is 1.78 bits per heavy atom. The van der Waals surface area contributed by atoms with E-state index in [1.807, 2.05) is 30.3 Å². The lowest BCUT2D eigenvalue weighted by atomic mass is 10.1. The molecule has 3 aromatic rings. The smallest absolute Gasteiger partial charge is 0.274 e. The summed E-state index contributed by atoms with van der Waals surface area (Å²) in [6.07, 6.45) is 0.652. The van der Waals surface area contributed by atoms with Crippen molar-refractivity contribution in [2.45, 2.75) is 13.0 Å². The number of carbonyl (C=O) groups is 1. The molecule has 0 saturated heterocycles. The summed E-state index contributed by atoms with van der Waals surface area (Å²) in [5, 5.41) is 20.4. The van der Waals surface area contributed by atoms with E-state index in [-0.39, 0.29) is 0 Å². The van der Waals surface area contributed by atoms with Gasteiger partial charge in [-0.1, -0.05) is 42.5 Å². The van der Waals surface area contributed by atoms with Crippen LogP contribution in [0.1, 0.15) is 27.3 Å². The summed E-state index contributed by atoms with van der Waals surface area (Å²) in [5.41, 5.74) is 4.09. The molecule has 0 aliphatic carbocycles. The Balaban J connectivity index is 1.74. The molecule has 0 radical (unpaired) electrons. The second-order valence-electron chi connectivity index (χ2n) is 5.05. The highest BCUT2D eigenvalue weighted by Gasteiger charge is 2.09. The summed E-state index contributed by atoms with van der Waals surface area (Å²) in [5.74, 6) is 0.233. The van der Waals surface area contributed by atoms with Gasteiger partial charge in [-0.3, -0.25) is 10.0 Å². The molecule has 1 aromatic heterocycles. The first kappa shape index (κ1) is 14.9. The molecule has 3 rings (SSSR count). The number of rotatable bonds is 5. The van der Waals surface area contributed by atoms with Crippen molar-refractivity contribution >= 4 is 5.91 Å². The molecule has 0 atom stereocenters. The minimum Gasteiger partial charge on any atom is -0.288 e. The molecule has 2 N–H and O–H groups in total. The van der Waals surface area contributed by atoms with Gasteiger partial charge in [-0.25, -0.2) is 10.2 Å². The fraction of sp³-hybridized carbons (Fsp3) is 0.125. The molecule has 2 aromatic carbocycles. The molecule has 1 amide bonds. The Hall–Kier alpha value is -3.06. The average molecular weight is 309 g/mol. The highest BCUT2D eigenvalue weighted by atomic mass is 16.5. The van der Waals surface area contributed by atoms with Gasteiger partial charge >= 0.3 is 0 Å². The van der Waals surface area contributed by atoms with Crippen molar-refractivity contribution in [1.29, 1.82) is 0 Å². The van der Waals surface area contributed by atoms with Gasteiger partial charge < -0.3 is 0 Å². The van der Waals surface area contributed by atoms with Crippen LogP contribution < -0.4 is 5.48 Å². The minimum absolute atomic E-state index is 0.387. The molecule has 0 saturated carbocycles. The number of carbonyl (C=O) groups excluding carboxylic acids is 1. The van der Waals surface area contributed by atoms with E-state index in [0.29, 0.717) is 18.5 Å². The number of hydrogen-bond donors (Lipinski definition) is 2. The molecule has 0 bridgehead atoms. The van der Waals surface area contributed by atoms with Crippen LogP contribution in [-0.2, 0) is 13.0 Å². The second kappa shape index (κ2) is 6.80. The standard InChI is InChI=1S/C16H15N5O2/c22-16(18-23)14-8-6-13(7-9-14)11-21-15(17-19-20-21)10-12-4-2-1-3-5-12/h1-9,23H,10-11H2,(H,18,22). The van der Waals surface area contributed by atoms with Crippen LogP contribution in [0.25, 0.3) is 0 Å². The van der Waals surface area contributed by atoms with Crippen LogP contribution in [0.2, 0.25) is 0 Å². The topological polar surface area (TPSA) is 92.9 Å². The van der Waals surface area contributed by atoms with Crippen molar-refractivity contribution in [3.8, 4) is 0 Å². The molecule has 7 heteroatoms. The predicted molar refractivity (Wildman–Crippen MR) is 81.9 cm³/mol. The van der Waals surface area contributed by atoms with Gasteiger partial charge in [-0.15, -0.1) is 5.10 Å². The highest BCUT2D eigenvalue weighted by molar-refractivity contribution is 5.93. The van der Waals surface area contributed by atoms with Crippen LogP contribution in [0.4, 0.5) is 0 Å². The lowest BCUT2D eigenvalue weighted by Crippen LogP contribution is -2.18. The van der Waals surface area contributed by atoms with Crippen LogP contribution >= 0.6 is 0 Å². The lowest BCUT2D eigenvalue weighted by Gasteiger charge is -2.06. The number of hydrogen-bond acceptors (Lipinski definition) is 5. The predicted octanol–water partition coefficient (Wildman–Crippen LogP) is 1.43. The van der Waals surface area contributed by atoms with Crippen LogP contribution in [0.3, 0.4) is 0 Å². The fourth-order valence-corrected chi connectivity index (χ4v) is 2.25. The SMILES string of the molecule is O=C(NO)c1ccc(Cn2nnnc2Cc2ccccc2)cc1. The lowest BCUT2D eigenvalue weighted by molar-refractivity contribution is 0.0706. The van der Waals surface area contributed by atoms with E-state index in [4.69, 9.17) is 5.21 Å². The van der Waals surface area contributed by atoms with Crippen molar-refractivity contribution in [1.82, 2.24) is 25.7 Å². The molecule has 0 aliphatic heterocycles. The zero-order chi connectivity index (χ0) is 16.1. The van der Waals surface area contributed by atoms with Crippen LogP contribution in [0.15, 0.2) is 54.6 Å². The first-order chi connectivity index (χ1) is 11.3. The van der Waals surface area contributed by atoms with Gasteiger partial charge in [0.25, 0.3) is 5.91 Å². The summed E-state index contributed by atoms with van der Waals surface area (Å²) in [7, 11) is 0. The molecule has 0 aliphatic rings. The van der Waals surface area contributed by atoms with Crippen LogP contribution in [0.5, 0.6) is 0 Å².